The van der Waals surface area contributed by atoms with Crippen molar-refractivity contribution < 1.29 is 9.59 Å². The van der Waals surface area contributed by atoms with Crippen LogP contribution in [0.4, 0.5) is 5.69 Å². The van der Waals surface area contributed by atoms with Gasteiger partial charge in [-0.2, -0.15) is 0 Å². The highest BCUT2D eigenvalue weighted by Gasteiger charge is 2.40. The van der Waals surface area contributed by atoms with E-state index < -0.39 is 5.41 Å². The molecule has 1 aliphatic heterocycles. The molecule has 0 saturated carbocycles. The van der Waals surface area contributed by atoms with Gasteiger partial charge >= 0.3 is 0 Å². The molecule has 0 unspecified atom stereocenters. The standard InChI is InChI=1S/C17H22Cl2N2O2/c1-11-4-6-21(7-5-11)16(23)17(2,3)15(22)20-14-9-12(18)8-13(19)10-14/h8-11H,4-7H2,1-3H3,(H,20,22). The Kier molecular flexibility index (Phi) is 5.58. The van der Waals surface area contributed by atoms with E-state index in [1.54, 1.807) is 36.9 Å². The van der Waals surface area contributed by atoms with Crippen LogP contribution in [0.3, 0.4) is 0 Å². The minimum Gasteiger partial charge on any atom is -0.342 e. The van der Waals surface area contributed by atoms with Gasteiger partial charge < -0.3 is 10.2 Å². The lowest BCUT2D eigenvalue weighted by molar-refractivity contribution is -0.147. The van der Waals surface area contributed by atoms with Gasteiger partial charge in [0, 0.05) is 28.8 Å². The molecule has 0 aromatic heterocycles. The van der Waals surface area contributed by atoms with Gasteiger partial charge in [-0.25, -0.2) is 0 Å². The molecular weight excluding hydrogens is 335 g/mol. The second-order valence-corrected chi connectivity index (χ2v) is 7.58. The van der Waals surface area contributed by atoms with E-state index in [0.717, 1.165) is 12.8 Å². The maximum absolute atomic E-state index is 12.7. The summed E-state index contributed by atoms with van der Waals surface area (Å²) in [6.07, 6.45) is 1.96. The number of carbonyl (C=O) groups is 2. The molecule has 1 saturated heterocycles. The third-order valence-corrected chi connectivity index (χ3v) is 4.73. The zero-order chi connectivity index (χ0) is 17.2. The zero-order valence-electron chi connectivity index (χ0n) is 13.7. The number of halogens is 2. The minimum atomic E-state index is -1.14. The Bertz CT molecular complexity index is 588. The number of amides is 2. The number of carbonyl (C=O) groups excluding carboxylic acids is 2. The second-order valence-electron chi connectivity index (χ2n) is 6.71. The Morgan fingerprint density at radius 2 is 1.65 bits per heavy atom. The molecule has 1 fully saturated rings. The molecule has 0 atom stereocenters. The van der Waals surface area contributed by atoms with E-state index in [1.807, 2.05) is 0 Å². The van der Waals surface area contributed by atoms with E-state index in [9.17, 15) is 9.59 Å². The van der Waals surface area contributed by atoms with Gasteiger partial charge in [0.1, 0.15) is 5.41 Å². The fourth-order valence-corrected chi connectivity index (χ4v) is 3.14. The summed E-state index contributed by atoms with van der Waals surface area (Å²) in [5, 5.41) is 3.60. The SMILES string of the molecule is CC1CCN(C(=O)C(C)(C)C(=O)Nc2cc(Cl)cc(Cl)c2)CC1. The van der Waals surface area contributed by atoms with Gasteiger partial charge in [0.15, 0.2) is 0 Å². The molecule has 126 valence electrons. The van der Waals surface area contributed by atoms with Crippen LogP contribution in [0.15, 0.2) is 18.2 Å². The molecular formula is C17H22Cl2N2O2. The summed E-state index contributed by atoms with van der Waals surface area (Å²) >= 11 is 11.9. The number of hydrogen-bond donors (Lipinski definition) is 1. The Labute approximate surface area is 147 Å². The Balaban J connectivity index is 2.08. The first kappa shape index (κ1) is 18.1. The first-order valence-electron chi connectivity index (χ1n) is 7.77. The van der Waals surface area contributed by atoms with Crippen molar-refractivity contribution in [2.75, 3.05) is 18.4 Å². The van der Waals surface area contributed by atoms with Gasteiger partial charge in [0.2, 0.25) is 11.8 Å². The normalized spacial score (nSPS) is 16.3. The largest absolute Gasteiger partial charge is 0.342 e. The molecule has 2 rings (SSSR count). The summed E-state index contributed by atoms with van der Waals surface area (Å²) in [5.41, 5.74) is -0.657. The van der Waals surface area contributed by atoms with Crippen molar-refractivity contribution in [1.82, 2.24) is 4.90 Å². The number of nitrogens with zero attached hydrogens (tertiary/aromatic N) is 1. The van der Waals surface area contributed by atoms with Gasteiger partial charge in [-0.1, -0.05) is 30.1 Å². The smallest absolute Gasteiger partial charge is 0.239 e. The summed E-state index contributed by atoms with van der Waals surface area (Å²) in [6.45, 7) is 6.89. The van der Waals surface area contributed by atoms with Gasteiger partial charge in [0.25, 0.3) is 0 Å². The lowest BCUT2D eigenvalue weighted by Crippen LogP contribution is -2.49. The van der Waals surface area contributed by atoms with E-state index >= 15 is 0 Å². The van der Waals surface area contributed by atoms with E-state index in [1.165, 1.54) is 0 Å². The molecule has 1 aromatic rings. The van der Waals surface area contributed by atoms with Crippen LogP contribution >= 0.6 is 23.2 Å². The van der Waals surface area contributed by atoms with Crippen molar-refractivity contribution in [2.24, 2.45) is 11.3 Å². The lowest BCUT2D eigenvalue weighted by Gasteiger charge is -2.35. The third kappa shape index (κ3) is 4.39. The van der Waals surface area contributed by atoms with Crippen LogP contribution in [0.1, 0.15) is 33.6 Å². The molecule has 1 heterocycles. The number of anilines is 1. The average molecular weight is 357 g/mol. The van der Waals surface area contributed by atoms with Crippen LogP contribution in [-0.4, -0.2) is 29.8 Å². The highest BCUT2D eigenvalue weighted by molar-refractivity contribution is 6.35. The van der Waals surface area contributed by atoms with Crippen LogP contribution in [0, 0.1) is 11.3 Å². The molecule has 0 radical (unpaired) electrons. The summed E-state index contributed by atoms with van der Waals surface area (Å²) in [4.78, 5) is 27.0. The Morgan fingerprint density at radius 3 is 2.17 bits per heavy atom. The van der Waals surface area contributed by atoms with Crippen LogP contribution in [-0.2, 0) is 9.59 Å². The first-order valence-corrected chi connectivity index (χ1v) is 8.52. The molecule has 2 amide bonds. The molecule has 0 spiro atoms. The molecule has 6 heteroatoms. The molecule has 1 aliphatic rings. The highest BCUT2D eigenvalue weighted by atomic mass is 35.5. The number of rotatable bonds is 3. The van der Waals surface area contributed by atoms with Crippen molar-refractivity contribution in [3.63, 3.8) is 0 Å². The van der Waals surface area contributed by atoms with Crippen LogP contribution < -0.4 is 5.32 Å². The van der Waals surface area contributed by atoms with E-state index in [2.05, 4.69) is 12.2 Å². The summed E-state index contributed by atoms with van der Waals surface area (Å²) in [5.74, 6) is 0.124. The number of piperidine rings is 1. The minimum absolute atomic E-state index is 0.143. The van der Waals surface area contributed by atoms with Crippen LogP contribution in [0.25, 0.3) is 0 Å². The van der Waals surface area contributed by atoms with E-state index in [0.29, 0.717) is 34.7 Å². The van der Waals surface area contributed by atoms with Gasteiger partial charge in [-0.3, -0.25) is 9.59 Å². The molecule has 23 heavy (non-hydrogen) atoms. The maximum Gasteiger partial charge on any atom is 0.239 e. The summed E-state index contributed by atoms with van der Waals surface area (Å²) in [7, 11) is 0. The lowest BCUT2D eigenvalue weighted by atomic mass is 9.88. The summed E-state index contributed by atoms with van der Waals surface area (Å²) < 4.78 is 0. The monoisotopic (exact) mass is 356 g/mol. The van der Waals surface area contributed by atoms with Crippen molar-refractivity contribution in [1.29, 1.82) is 0 Å². The van der Waals surface area contributed by atoms with Crippen molar-refractivity contribution in [2.45, 2.75) is 33.6 Å². The quantitative estimate of drug-likeness (QED) is 0.824. The van der Waals surface area contributed by atoms with Gasteiger partial charge in [-0.05, 0) is 50.8 Å². The first-order chi connectivity index (χ1) is 10.7. The fourth-order valence-electron chi connectivity index (χ4n) is 2.62. The van der Waals surface area contributed by atoms with Gasteiger partial charge in [0.05, 0.1) is 0 Å². The molecule has 1 N–H and O–H groups in total. The third-order valence-electron chi connectivity index (χ3n) is 4.29. The number of benzene rings is 1. The van der Waals surface area contributed by atoms with Gasteiger partial charge in [-0.15, -0.1) is 0 Å². The van der Waals surface area contributed by atoms with Crippen LogP contribution in [0.2, 0.25) is 10.0 Å². The molecule has 4 nitrogen and oxygen atoms in total. The predicted molar refractivity (Wildman–Crippen MR) is 93.9 cm³/mol. The highest BCUT2D eigenvalue weighted by Crippen LogP contribution is 2.27. The maximum atomic E-state index is 12.7. The predicted octanol–water partition coefficient (Wildman–Crippen LogP) is 4.22. The number of nitrogens with one attached hydrogen (secondary N) is 1. The second kappa shape index (κ2) is 7.10. The molecule has 0 bridgehead atoms. The van der Waals surface area contributed by atoms with Crippen molar-refractivity contribution >= 4 is 40.7 Å². The van der Waals surface area contributed by atoms with Crippen molar-refractivity contribution in [3.8, 4) is 0 Å². The van der Waals surface area contributed by atoms with Crippen molar-refractivity contribution in [3.05, 3.63) is 28.2 Å². The Morgan fingerprint density at radius 1 is 1.13 bits per heavy atom. The van der Waals surface area contributed by atoms with E-state index in [4.69, 9.17) is 23.2 Å². The Hall–Kier alpha value is -1.26. The average Bonchev–Trinajstić information content (AvgIpc) is 2.46. The van der Waals surface area contributed by atoms with Crippen LogP contribution in [0.5, 0.6) is 0 Å². The van der Waals surface area contributed by atoms with E-state index in [-0.39, 0.29) is 11.8 Å². The zero-order valence-corrected chi connectivity index (χ0v) is 15.2. The number of likely N-dealkylation sites (tertiary alicyclic amines) is 1. The number of hydrogen-bond acceptors (Lipinski definition) is 2. The fraction of sp³-hybridized carbons (Fsp3) is 0.529. The topological polar surface area (TPSA) is 49.4 Å². The molecule has 1 aromatic carbocycles. The summed E-state index contributed by atoms with van der Waals surface area (Å²) in [6, 6.07) is 4.80. The molecule has 0 aliphatic carbocycles.